The average molecular weight is 353 g/mol. The number of carbonyl (C=O) groups excluding carboxylic acids is 1. The fourth-order valence-corrected chi connectivity index (χ4v) is 3.57. The zero-order valence-electron chi connectivity index (χ0n) is 14.0. The van der Waals surface area contributed by atoms with Crippen LogP contribution in [0.25, 0.3) is 10.4 Å². The van der Waals surface area contributed by atoms with Gasteiger partial charge >= 0.3 is 6.09 Å². The Morgan fingerprint density at radius 2 is 2.13 bits per heavy atom. The lowest BCUT2D eigenvalue weighted by atomic mass is 10.2. The number of hydrogen-bond donors (Lipinski definition) is 2. The molecule has 4 nitrogen and oxygen atoms in total. The number of hydrogen-bond acceptors (Lipinski definition) is 5. The number of ether oxygens (including phenoxy) is 1. The fourth-order valence-electron chi connectivity index (χ4n) is 1.94. The first-order valence-corrected chi connectivity index (χ1v) is 9.41. The number of amides is 1. The summed E-state index contributed by atoms with van der Waals surface area (Å²) in [6, 6.07) is 6.60. The van der Waals surface area contributed by atoms with E-state index in [0.29, 0.717) is 6.54 Å². The van der Waals surface area contributed by atoms with E-state index in [4.69, 9.17) is 4.74 Å². The lowest BCUT2D eigenvalue weighted by Gasteiger charge is -2.21. The summed E-state index contributed by atoms with van der Waals surface area (Å²) >= 11 is 3.51. The summed E-state index contributed by atoms with van der Waals surface area (Å²) in [5, 5.41) is 10.5. The molecule has 0 aromatic carbocycles. The van der Waals surface area contributed by atoms with E-state index < -0.39 is 5.60 Å². The van der Waals surface area contributed by atoms with Crippen molar-refractivity contribution in [2.75, 3.05) is 6.54 Å². The van der Waals surface area contributed by atoms with E-state index in [2.05, 4.69) is 39.6 Å². The third-order valence-corrected chi connectivity index (χ3v) is 4.89. The van der Waals surface area contributed by atoms with Crippen LogP contribution in [0.5, 0.6) is 0 Å². The van der Waals surface area contributed by atoms with Crippen molar-refractivity contribution < 1.29 is 9.53 Å². The number of thiophene rings is 2. The molecule has 0 saturated carbocycles. The standard InChI is InChI=1S/C17H24N2O2S2/c1-12(9-19-16(20)21-17(2,3)4)18-10-14-8-13(11-23-14)15-6-5-7-22-15/h5-8,11-12,18H,9-10H2,1-4H3,(H,19,20). The SMILES string of the molecule is CC(CNC(=O)OC(C)(C)C)NCc1cc(-c2cccs2)cs1. The maximum atomic E-state index is 11.6. The van der Waals surface area contributed by atoms with Gasteiger partial charge in [0.05, 0.1) is 0 Å². The second-order valence-corrected chi connectivity index (χ2v) is 8.39. The smallest absolute Gasteiger partial charge is 0.407 e. The van der Waals surface area contributed by atoms with Gasteiger partial charge < -0.3 is 15.4 Å². The maximum absolute atomic E-state index is 11.6. The van der Waals surface area contributed by atoms with Crippen LogP contribution in [0.1, 0.15) is 32.6 Å². The van der Waals surface area contributed by atoms with Crippen LogP contribution in [-0.4, -0.2) is 24.3 Å². The molecule has 0 aliphatic carbocycles. The van der Waals surface area contributed by atoms with E-state index in [9.17, 15) is 4.79 Å². The van der Waals surface area contributed by atoms with Crippen molar-refractivity contribution in [3.8, 4) is 10.4 Å². The predicted molar refractivity (Wildman–Crippen MR) is 98.2 cm³/mol. The highest BCUT2D eigenvalue weighted by molar-refractivity contribution is 7.14. The lowest BCUT2D eigenvalue weighted by Crippen LogP contribution is -2.40. The molecule has 1 amide bonds. The average Bonchev–Trinajstić information content (AvgIpc) is 3.11. The number of rotatable bonds is 6. The number of nitrogens with one attached hydrogen (secondary N) is 2. The third-order valence-electron chi connectivity index (χ3n) is 3.04. The summed E-state index contributed by atoms with van der Waals surface area (Å²) in [6.45, 7) is 8.96. The highest BCUT2D eigenvalue weighted by Gasteiger charge is 2.16. The van der Waals surface area contributed by atoms with Gasteiger partial charge in [-0.1, -0.05) is 6.07 Å². The Hall–Kier alpha value is -1.37. The Bertz CT molecular complexity index is 615. The minimum atomic E-state index is -0.462. The van der Waals surface area contributed by atoms with Gasteiger partial charge in [-0.2, -0.15) is 0 Å². The van der Waals surface area contributed by atoms with Crippen LogP contribution < -0.4 is 10.6 Å². The Morgan fingerprint density at radius 3 is 2.78 bits per heavy atom. The molecule has 1 unspecified atom stereocenters. The molecule has 0 bridgehead atoms. The molecule has 0 saturated heterocycles. The second kappa shape index (κ2) is 7.95. The first kappa shape index (κ1) is 18.0. The molecule has 2 heterocycles. The van der Waals surface area contributed by atoms with Crippen molar-refractivity contribution in [1.82, 2.24) is 10.6 Å². The van der Waals surface area contributed by atoms with E-state index in [1.165, 1.54) is 15.3 Å². The van der Waals surface area contributed by atoms with Gasteiger partial charge in [-0.15, -0.1) is 22.7 Å². The van der Waals surface area contributed by atoms with Crippen molar-refractivity contribution in [2.24, 2.45) is 0 Å². The van der Waals surface area contributed by atoms with Gasteiger partial charge in [0.15, 0.2) is 0 Å². The first-order valence-electron chi connectivity index (χ1n) is 7.65. The van der Waals surface area contributed by atoms with Crippen molar-refractivity contribution in [2.45, 2.75) is 45.9 Å². The second-order valence-electron chi connectivity index (χ2n) is 6.44. The quantitative estimate of drug-likeness (QED) is 0.806. The van der Waals surface area contributed by atoms with E-state index in [-0.39, 0.29) is 12.1 Å². The molecule has 126 valence electrons. The topological polar surface area (TPSA) is 50.4 Å². The van der Waals surface area contributed by atoms with Gasteiger partial charge in [-0.25, -0.2) is 4.79 Å². The van der Waals surface area contributed by atoms with Gasteiger partial charge in [0.1, 0.15) is 5.60 Å². The molecule has 2 aromatic rings. The van der Waals surface area contributed by atoms with Crippen LogP contribution >= 0.6 is 22.7 Å². The van der Waals surface area contributed by atoms with Crippen LogP contribution in [0.2, 0.25) is 0 Å². The summed E-state index contributed by atoms with van der Waals surface area (Å²) < 4.78 is 5.22. The predicted octanol–water partition coefficient (Wildman–Crippen LogP) is 4.48. The van der Waals surface area contributed by atoms with Gasteiger partial charge in [0.2, 0.25) is 0 Å². The molecular weight excluding hydrogens is 328 g/mol. The molecule has 0 radical (unpaired) electrons. The van der Waals surface area contributed by atoms with Crippen LogP contribution in [0.4, 0.5) is 4.79 Å². The first-order chi connectivity index (χ1) is 10.8. The third kappa shape index (κ3) is 6.33. The lowest BCUT2D eigenvalue weighted by molar-refractivity contribution is 0.0523. The summed E-state index contributed by atoms with van der Waals surface area (Å²) in [4.78, 5) is 14.2. The molecule has 0 aliphatic rings. The van der Waals surface area contributed by atoms with Crippen LogP contribution in [0.3, 0.4) is 0 Å². The Balaban J connectivity index is 1.72. The Labute approximate surface area is 145 Å². The molecule has 2 N–H and O–H groups in total. The normalized spacial score (nSPS) is 12.9. The van der Waals surface area contributed by atoms with E-state index in [0.717, 1.165) is 6.54 Å². The van der Waals surface area contributed by atoms with Crippen molar-refractivity contribution in [3.63, 3.8) is 0 Å². The van der Waals surface area contributed by atoms with Crippen molar-refractivity contribution in [3.05, 3.63) is 33.8 Å². The molecule has 2 aromatic heterocycles. The summed E-state index contributed by atoms with van der Waals surface area (Å²) in [5.74, 6) is 0. The minimum Gasteiger partial charge on any atom is -0.444 e. The van der Waals surface area contributed by atoms with E-state index >= 15 is 0 Å². The fraction of sp³-hybridized carbons (Fsp3) is 0.471. The number of alkyl carbamates (subject to hydrolysis) is 1. The summed E-state index contributed by atoms with van der Waals surface area (Å²) in [6.07, 6.45) is -0.373. The molecule has 23 heavy (non-hydrogen) atoms. The highest BCUT2D eigenvalue weighted by atomic mass is 32.1. The van der Waals surface area contributed by atoms with Crippen LogP contribution in [-0.2, 0) is 11.3 Å². The summed E-state index contributed by atoms with van der Waals surface area (Å²) in [5.41, 5.74) is 0.817. The molecule has 0 spiro atoms. The maximum Gasteiger partial charge on any atom is 0.407 e. The van der Waals surface area contributed by atoms with Gasteiger partial charge in [0.25, 0.3) is 0 Å². The van der Waals surface area contributed by atoms with Gasteiger partial charge in [-0.3, -0.25) is 0 Å². The zero-order chi connectivity index (χ0) is 16.9. The van der Waals surface area contributed by atoms with Crippen LogP contribution in [0, 0.1) is 0 Å². The summed E-state index contributed by atoms with van der Waals surface area (Å²) in [7, 11) is 0. The highest BCUT2D eigenvalue weighted by Crippen LogP contribution is 2.29. The molecule has 2 rings (SSSR count). The van der Waals surface area contributed by atoms with Crippen molar-refractivity contribution in [1.29, 1.82) is 0 Å². The monoisotopic (exact) mass is 352 g/mol. The van der Waals surface area contributed by atoms with Gasteiger partial charge in [0, 0.05) is 34.4 Å². The van der Waals surface area contributed by atoms with E-state index in [1.54, 1.807) is 22.7 Å². The van der Waals surface area contributed by atoms with Crippen LogP contribution in [0.15, 0.2) is 29.0 Å². The molecule has 1 atom stereocenters. The van der Waals surface area contributed by atoms with Crippen molar-refractivity contribution >= 4 is 28.8 Å². The Morgan fingerprint density at radius 1 is 1.35 bits per heavy atom. The minimum absolute atomic E-state index is 0.176. The van der Waals surface area contributed by atoms with E-state index in [1.807, 2.05) is 27.7 Å². The molecule has 6 heteroatoms. The molecular formula is C17H24N2O2S2. The molecule has 0 aliphatic heterocycles. The Kier molecular flexibility index (Phi) is 6.21. The van der Waals surface area contributed by atoms with Gasteiger partial charge in [-0.05, 0) is 50.6 Å². The molecule has 0 fully saturated rings. The largest absolute Gasteiger partial charge is 0.444 e. The number of carbonyl (C=O) groups is 1. The zero-order valence-corrected chi connectivity index (χ0v) is 15.6.